The molecule has 1 unspecified atom stereocenters. The van der Waals surface area contributed by atoms with Crippen molar-refractivity contribution >= 4 is 41.4 Å². The van der Waals surface area contributed by atoms with E-state index in [4.69, 9.17) is 0 Å². The molecule has 284 valence electrons. The molecule has 7 amide bonds. The van der Waals surface area contributed by atoms with Gasteiger partial charge in [0, 0.05) is 32.5 Å². The van der Waals surface area contributed by atoms with Crippen LogP contribution in [0.25, 0.3) is 0 Å². The van der Waals surface area contributed by atoms with Gasteiger partial charge in [0.05, 0.1) is 17.7 Å². The van der Waals surface area contributed by atoms with Gasteiger partial charge in [0.1, 0.15) is 12.1 Å². The summed E-state index contributed by atoms with van der Waals surface area (Å²) in [5.41, 5.74) is -3.11. The number of rotatable bonds is 14. The van der Waals surface area contributed by atoms with E-state index < -0.39 is 70.1 Å². The van der Waals surface area contributed by atoms with Gasteiger partial charge < -0.3 is 31.3 Å². The van der Waals surface area contributed by atoms with Gasteiger partial charge in [0.15, 0.2) is 0 Å². The van der Waals surface area contributed by atoms with E-state index in [1.54, 1.807) is 0 Å². The van der Waals surface area contributed by atoms with Crippen LogP contribution >= 0.6 is 0 Å². The molecule has 0 aromatic heterocycles. The smallest absolute Gasteiger partial charge is 0.315 e. The molecule has 0 radical (unpaired) electrons. The van der Waals surface area contributed by atoms with Gasteiger partial charge >= 0.3 is 6.03 Å². The molecule has 6 atom stereocenters. The van der Waals surface area contributed by atoms with Crippen molar-refractivity contribution in [2.75, 3.05) is 19.6 Å². The maximum atomic E-state index is 14.3. The molecule has 14 heteroatoms. The number of aliphatic hydroxyl groups is 1. The van der Waals surface area contributed by atoms with E-state index in [9.17, 15) is 38.7 Å². The van der Waals surface area contributed by atoms with Crippen LogP contribution in [0.4, 0.5) is 4.79 Å². The first-order valence-electron chi connectivity index (χ1n) is 18.1. The summed E-state index contributed by atoms with van der Waals surface area (Å²) >= 11 is 0. The number of nitrogens with zero attached hydrogens (tertiary/aromatic N) is 2. The number of nitrogens with one attached hydrogen (secondary N) is 4. The fourth-order valence-corrected chi connectivity index (χ4v) is 7.57. The lowest BCUT2D eigenvalue weighted by Crippen LogP contribution is -2.65. The van der Waals surface area contributed by atoms with Crippen molar-refractivity contribution < 1.29 is 38.7 Å². The molecule has 5 N–H and O–H groups in total. The molecule has 4 aliphatic rings. The average molecular weight is 715 g/mol. The number of carbonyl (C=O) groups excluding carboxylic acids is 7. The molecule has 14 nitrogen and oxygen atoms in total. The second-order valence-electron chi connectivity index (χ2n) is 18.0. The molecule has 2 aliphatic heterocycles. The number of imide groups is 1. The Morgan fingerprint density at radius 2 is 1.55 bits per heavy atom. The van der Waals surface area contributed by atoms with E-state index in [0.29, 0.717) is 6.42 Å². The summed E-state index contributed by atoms with van der Waals surface area (Å²) in [5, 5.41) is 21.9. The number of Topliss-reactive ketones (excluding diaryl/α,β-unsaturated/α-hetero) is 1. The lowest BCUT2D eigenvalue weighted by Gasteiger charge is -2.40. The Labute approximate surface area is 301 Å². The average Bonchev–Trinajstić information content (AvgIpc) is 3.84. The number of amides is 7. The highest BCUT2D eigenvalue weighted by atomic mass is 16.3. The van der Waals surface area contributed by atoms with E-state index >= 15 is 0 Å². The number of ketones is 1. The molecule has 2 heterocycles. The zero-order chi connectivity index (χ0) is 38.4. The monoisotopic (exact) mass is 714 g/mol. The lowest BCUT2D eigenvalue weighted by molar-refractivity contribution is -0.153. The minimum absolute atomic E-state index is 0.0307. The lowest BCUT2D eigenvalue weighted by atomic mass is 9.80. The summed E-state index contributed by atoms with van der Waals surface area (Å²) in [7, 11) is 0. The summed E-state index contributed by atoms with van der Waals surface area (Å²) in [6, 6.07) is -5.05. The van der Waals surface area contributed by atoms with Crippen LogP contribution < -0.4 is 21.3 Å². The Hall–Kier alpha value is -3.81. The maximum absolute atomic E-state index is 14.3. The first-order chi connectivity index (χ1) is 23.4. The van der Waals surface area contributed by atoms with E-state index in [1.807, 2.05) is 48.5 Å². The van der Waals surface area contributed by atoms with Gasteiger partial charge in [-0.25, -0.2) is 4.79 Å². The largest absolute Gasteiger partial charge is 0.388 e. The van der Waals surface area contributed by atoms with E-state index in [2.05, 4.69) is 27.8 Å². The van der Waals surface area contributed by atoms with E-state index in [-0.39, 0.29) is 67.5 Å². The maximum Gasteiger partial charge on any atom is 0.315 e. The molecule has 51 heavy (non-hydrogen) atoms. The molecular formula is C37H58N6O8. The van der Waals surface area contributed by atoms with Crippen molar-refractivity contribution in [1.29, 1.82) is 0 Å². The Morgan fingerprint density at radius 1 is 0.961 bits per heavy atom. The van der Waals surface area contributed by atoms with Crippen LogP contribution in [0.15, 0.2) is 12.7 Å². The van der Waals surface area contributed by atoms with Crippen LogP contribution in [0.5, 0.6) is 0 Å². The minimum atomic E-state index is -1.77. The number of hydrogen-bond donors (Lipinski definition) is 5. The molecule has 2 saturated carbocycles. The van der Waals surface area contributed by atoms with Crippen LogP contribution in [0.3, 0.4) is 0 Å². The zero-order valence-corrected chi connectivity index (χ0v) is 31.7. The van der Waals surface area contributed by atoms with Crippen LogP contribution in [0.2, 0.25) is 0 Å². The van der Waals surface area contributed by atoms with Crippen molar-refractivity contribution in [2.24, 2.45) is 34.0 Å². The number of piperidine rings is 2. The van der Waals surface area contributed by atoms with Crippen LogP contribution in [0.1, 0.15) is 94.4 Å². The predicted molar refractivity (Wildman–Crippen MR) is 188 cm³/mol. The molecule has 0 aromatic carbocycles. The van der Waals surface area contributed by atoms with Crippen LogP contribution in [0, 0.1) is 34.0 Å². The molecule has 0 bridgehead atoms. The van der Waals surface area contributed by atoms with Crippen molar-refractivity contribution in [3.8, 4) is 0 Å². The fraction of sp³-hybridized carbons (Fsp3) is 0.757. The van der Waals surface area contributed by atoms with Gasteiger partial charge in [0.2, 0.25) is 29.4 Å². The van der Waals surface area contributed by atoms with Gasteiger partial charge in [-0.15, -0.1) is 6.58 Å². The number of urea groups is 1. The first-order valence-corrected chi connectivity index (χ1v) is 18.1. The fourth-order valence-electron chi connectivity index (χ4n) is 7.57. The van der Waals surface area contributed by atoms with Crippen LogP contribution in [-0.4, -0.2) is 106 Å². The Morgan fingerprint density at radius 3 is 2.06 bits per heavy atom. The third-order valence-electron chi connectivity index (χ3n) is 11.1. The second-order valence-corrected chi connectivity index (χ2v) is 18.0. The van der Waals surface area contributed by atoms with Gasteiger partial charge in [-0.3, -0.25) is 33.7 Å². The van der Waals surface area contributed by atoms with Gasteiger partial charge in [-0.1, -0.05) is 67.4 Å². The molecule has 4 fully saturated rings. The molecule has 4 rings (SSSR count). The van der Waals surface area contributed by atoms with E-state index in [1.165, 1.54) is 29.7 Å². The number of likely N-dealkylation sites (tertiary alicyclic amines) is 2. The predicted octanol–water partition coefficient (Wildman–Crippen LogP) is 1.65. The van der Waals surface area contributed by atoms with Gasteiger partial charge in [0.25, 0.3) is 5.91 Å². The highest BCUT2D eigenvalue weighted by molar-refractivity contribution is 6.38. The van der Waals surface area contributed by atoms with Gasteiger partial charge in [-0.2, -0.15) is 0 Å². The summed E-state index contributed by atoms with van der Waals surface area (Å²) < 4.78 is 0. The Balaban J connectivity index is 1.52. The highest BCUT2D eigenvalue weighted by Crippen LogP contribution is 2.65. The summed E-state index contributed by atoms with van der Waals surface area (Å²) in [6.07, 6.45) is 3.92. The summed E-state index contributed by atoms with van der Waals surface area (Å²) in [6.45, 7) is 19.8. The zero-order valence-electron chi connectivity index (χ0n) is 31.7. The molecule has 0 spiro atoms. The number of hydrogen-bond acceptors (Lipinski definition) is 8. The standard InChI is InChI=1S/C37H58N6O8/c1-11-14-38-31(48)28(46)22(15-20-12-13-20)39-30(47)27-26-21(36(26,7)8)18-43(27)32(49)29(37(9,10)51)41-33(50)40-23(34(2,3)4)19-42-24(44)16-35(5,6)17-25(42)45/h11,20-23,26-27,29,51H,1,12-19H2,2-10H3,(H,38,48)(H,39,47)(H2,40,41,50)/t21-,22?,23+,26-,27-,29+/m0/s1. The Bertz CT molecular complexity index is 1440. The topological polar surface area (TPSA) is 194 Å². The molecule has 0 aromatic rings. The van der Waals surface area contributed by atoms with Crippen LogP contribution in [-0.2, 0) is 28.8 Å². The minimum Gasteiger partial charge on any atom is -0.388 e. The van der Waals surface area contributed by atoms with E-state index in [0.717, 1.165) is 12.8 Å². The summed E-state index contributed by atoms with van der Waals surface area (Å²) in [4.78, 5) is 96.0. The molecule has 2 aliphatic carbocycles. The third-order valence-corrected chi connectivity index (χ3v) is 11.1. The number of fused-ring (bicyclic) bond motifs is 1. The first kappa shape index (κ1) is 40.0. The quantitative estimate of drug-likeness (QED) is 0.102. The van der Waals surface area contributed by atoms with Gasteiger partial charge in [-0.05, 0) is 54.3 Å². The second kappa shape index (κ2) is 14.3. The van der Waals surface area contributed by atoms with Crippen molar-refractivity contribution in [3.63, 3.8) is 0 Å². The third kappa shape index (κ3) is 9.17. The normalized spacial score (nSPS) is 25.6. The summed E-state index contributed by atoms with van der Waals surface area (Å²) in [5.74, 6) is -3.55. The number of carbonyl (C=O) groups is 7. The molecule has 2 saturated heterocycles. The van der Waals surface area contributed by atoms with Crippen molar-refractivity contribution in [3.05, 3.63) is 12.7 Å². The van der Waals surface area contributed by atoms with Crippen molar-refractivity contribution in [1.82, 2.24) is 31.1 Å². The Kier molecular flexibility index (Phi) is 11.2. The highest BCUT2D eigenvalue weighted by Gasteiger charge is 2.70. The SMILES string of the molecule is C=CCNC(=O)C(=O)C(CC1CC1)NC(=O)[C@@H]1[C@@H]2[C@H](CN1C(=O)[C@@H](NC(=O)N[C@H](CN1C(=O)CC(C)(C)CC1=O)C(C)(C)C)C(C)(C)O)C2(C)C. The van der Waals surface area contributed by atoms with Crippen molar-refractivity contribution in [2.45, 2.75) is 124 Å². The molecular weight excluding hydrogens is 656 g/mol.